The average Bonchev–Trinajstić information content (AvgIpc) is 2.46. The van der Waals surface area contributed by atoms with Gasteiger partial charge in [-0.15, -0.1) is 0 Å². The largest absolute Gasteiger partial charge is 0.545 e. The number of benzene rings is 1. The molecule has 0 radical (unpaired) electrons. The van der Waals surface area contributed by atoms with Gasteiger partial charge in [0.05, 0.1) is 16.7 Å². The maximum atomic E-state index is 11.8. The van der Waals surface area contributed by atoms with Crippen LogP contribution in [0, 0.1) is 0 Å². The Morgan fingerprint density at radius 1 is 1.05 bits per heavy atom. The quantitative estimate of drug-likeness (QED) is 0.608. The van der Waals surface area contributed by atoms with Gasteiger partial charge in [0.15, 0.2) is 5.78 Å². The van der Waals surface area contributed by atoms with Crippen molar-refractivity contribution in [1.82, 2.24) is 4.98 Å². The van der Waals surface area contributed by atoms with Crippen LogP contribution in [0.2, 0.25) is 0 Å². The molecule has 0 unspecified atom stereocenters. The van der Waals surface area contributed by atoms with Crippen molar-refractivity contribution in [3.05, 3.63) is 59.8 Å². The lowest BCUT2D eigenvalue weighted by Crippen LogP contribution is -2.22. The van der Waals surface area contributed by atoms with Crippen LogP contribution in [0.15, 0.2) is 53.7 Å². The number of carboxylic acids is 1. The maximum Gasteiger partial charge on any atom is 0.173 e. The van der Waals surface area contributed by atoms with Gasteiger partial charge in [0.1, 0.15) is 0 Å². The number of pyridine rings is 1. The number of carbonyl (C=O) groups is 2. The summed E-state index contributed by atoms with van der Waals surface area (Å²) >= 11 is 1.27. The van der Waals surface area contributed by atoms with Crippen LogP contribution >= 0.6 is 11.8 Å². The van der Waals surface area contributed by atoms with Crippen molar-refractivity contribution in [1.29, 1.82) is 0 Å². The molecule has 4 nitrogen and oxygen atoms in total. The minimum atomic E-state index is -1.26. The Labute approximate surface area is 114 Å². The number of thioether (sulfide) groups is 1. The van der Waals surface area contributed by atoms with E-state index in [1.54, 1.807) is 18.2 Å². The van der Waals surface area contributed by atoms with Crippen molar-refractivity contribution < 1.29 is 14.7 Å². The number of aromatic nitrogens is 1. The van der Waals surface area contributed by atoms with Crippen molar-refractivity contribution in [3.8, 4) is 0 Å². The molecule has 0 aliphatic heterocycles. The normalized spacial score (nSPS) is 10.1. The molecule has 19 heavy (non-hydrogen) atoms. The first-order chi connectivity index (χ1) is 9.16. The number of hydrogen-bond donors (Lipinski definition) is 0. The summed E-state index contributed by atoms with van der Waals surface area (Å²) in [6.45, 7) is 0. The molecule has 0 saturated heterocycles. The van der Waals surface area contributed by atoms with E-state index in [2.05, 4.69) is 4.98 Å². The number of carboxylic acid groups (broad SMARTS) is 1. The van der Waals surface area contributed by atoms with Crippen LogP contribution in [0.5, 0.6) is 0 Å². The minimum absolute atomic E-state index is 0.0105. The first-order valence-corrected chi connectivity index (χ1v) is 6.54. The Bertz CT molecular complexity index is 581. The Hall–Kier alpha value is -2.14. The van der Waals surface area contributed by atoms with Crippen molar-refractivity contribution in [2.45, 2.75) is 5.03 Å². The summed E-state index contributed by atoms with van der Waals surface area (Å²) < 4.78 is 0. The Morgan fingerprint density at radius 2 is 1.79 bits per heavy atom. The summed E-state index contributed by atoms with van der Waals surface area (Å²) in [6.07, 6.45) is 1.23. The molecule has 1 aromatic carbocycles. The van der Waals surface area contributed by atoms with Gasteiger partial charge in [-0.3, -0.25) is 4.79 Å². The number of nitrogens with zero attached hydrogens (tertiary/aromatic N) is 1. The van der Waals surface area contributed by atoms with Crippen LogP contribution in [0.4, 0.5) is 0 Å². The highest BCUT2D eigenvalue weighted by Gasteiger charge is 2.06. The van der Waals surface area contributed by atoms with Gasteiger partial charge in [-0.1, -0.05) is 42.1 Å². The van der Waals surface area contributed by atoms with E-state index in [9.17, 15) is 14.7 Å². The fraction of sp³-hybridized carbons (Fsp3) is 0.0714. The molecule has 0 saturated carbocycles. The fourth-order valence-electron chi connectivity index (χ4n) is 1.43. The van der Waals surface area contributed by atoms with Crippen LogP contribution in [0.3, 0.4) is 0 Å². The number of rotatable bonds is 5. The van der Waals surface area contributed by atoms with Crippen LogP contribution in [0.1, 0.15) is 20.7 Å². The SMILES string of the molecule is O=C([O-])c1ccc(SCC(=O)c2ccccc2)nc1. The van der Waals surface area contributed by atoms with E-state index in [0.29, 0.717) is 10.6 Å². The molecule has 0 spiro atoms. The van der Waals surface area contributed by atoms with E-state index >= 15 is 0 Å². The highest BCUT2D eigenvalue weighted by Crippen LogP contribution is 2.17. The van der Waals surface area contributed by atoms with Crippen LogP contribution in [0.25, 0.3) is 0 Å². The topological polar surface area (TPSA) is 70.1 Å². The molecule has 2 rings (SSSR count). The number of aromatic carboxylic acids is 1. The monoisotopic (exact) mass is 272 g/mol. The van der Waals surface area contributed by atoms with Gasteiger partial charge in [-0.05, 0) is 12.1 Å². The van der Waals surface area contributed by atoms with Gasteiger partial charge >= 0.3 is 0 Å². The summed E-state index contributed by atoms with van der Waals surface area (Å²) in [7, 11) is 0. The minimum Gasteiger partial charge on any atom is -0.545 e. The molecule has 0 fully saturated rings. The van der Waals surface area contributed by atoms with Crippen molar-refractivity contribution in [3.63, 3.8) is 0 Å². The van der Waals surface area contributed by atoms with E-state index in [1.165, 1.54) is 24.0 Å². The van der Waals surface area contributed by atoms with Gasteiger partial charge in [0.2, 0.25) is 0 Å². The van der Waals surface area contributed by atoms with Crippen molar-refractivity contribution >= 4 is 23.5 Å². The van der Waals surface area contributed by atoms with Crippen molar-refractivity contribution in [2.24, 2.45) is 0 Å². The summed E-state index contributed by atoms with van der Waals surface area (Å²) in [5, 5.41) is 11.2. The van der Waals surface area contributed by atoms with Gasteiger partial charge in [-0.2, -0.15) is 0 Å². The third-order valence-electron chi connectivity index (χ3n) is 2.42. The second-order valence-corrected chi connectivity index (χ2v) is 4.75. The molecular formula is C14H10NO3S-. The molecule has 2 aromatic rings. The molecule has 1 heterocycles. The number of carbonyl (C=O) groups excluding carboxylic acids is 2. The van der Waals surface area contributed by atoms with Crippen molar-refractivity contribution in [2.75, 3.05) is 5.75 Å². The molecule has 5 heteroatoms. The maximum absolute atomic E-state index is 11.8. The molecule has 0 aliphatic carbocycles. The third kappa shape index (κ3) is 3.66. The highest BCUT2D eigenvalue weighted by atomic mass is 32.2. The van der Waals surface area contributed by atoms with E-state index in [-0.39, 0.29) is 17.1 Å². The number of hydrogen-bond acceptors (Lipinski definition) is 5. The molecule has 0 N–H and O–H groups in total. The second-order valence-electron chi connectivity index (χ2n) is 3.75. The molecule has 0 aliphatic rings. The predicted molar refractivity (Wildman–Crippen MR) is 70.1 cm³/mol. The van der Waals surface area contributed by atoms with Gasteiger partial charge < -0.3 is 9.90 Å². The van der Waals surface area contributed by atoms with E-state index in [1.807, 2.05) is 18.2 Å². The number of Topliss-reactive ketones (excluding diaryl/α,β-unsaturated/α-hetero) is 1. The van der Waals surface area contributed by atoms with Gasteiger partial charge in [0.25, 0.3) is 0 Å². The number of ketones is 1. The average molecular weight is 272 g/mol. The van der Waals surface area contributed by atoms with Gasteiger partial charge in [0, 0.05) is 17.3 Å². The lowest BCUT2D eigenvalue weighted by atomic mass is 10.2. The third-order valence-corrected chi connectivity index (χ3v) is 3.36. The molecule has 0 bridgehead atoms. The summed E-state index contributed by atoms with van der Waals surface area (Å²) in [4.78, 5) is 26.3. The zero-order valence-corrected chi connectivity index (χ0v) is 10.7. The summed E-state index contributed by atoms with van der Waals surface area (Å²) in [5.74, 6) is -0.984. The van der Waals surface area contributed by atoms with E-state index in [4.69, 9.17) is 0 Å². The zero-order chi connectivity index (χ0) is 13.7. The standard InChI is InChI=1S/C14H11NO3S/c16-12(10-4-2-1-3-5-10)9-19-13-7-6-11(8-15-13)14(17)18/h1-8H,9H2,(H,17,18)/p-1. The summed E-state index contributed by atoms with van der Waals surface area (Å²) in [5.41, 5.74) is 0.681. The Balaban J connectivity index is 1.95. The lowest BCUT2D eigenvalue weighted by Gasteiger charge is -2.03. The Kier molecular flexibility index (Phi) is 4.30. The molecule has 1 aromatic heterocycles. The fourth-order valence-corrected chi connectivity index (χ4v) is 2.17. The molecule has 0 atom stereocenters. The lowest BCUT2D eigenvalue weighted by molar-refractivity contribution is -0.255. The molecular weight excluding hydrogens is 262 g/mol. The van der Waals surface area contributed by atoms with Gasteiger partial charge in [-0.25, -0.2) is 4.98 Å². The summed E-state index contributed by atoms with van der Waals surface area (Å²) in [6, 6.07) is 12.0. The molecule has 96 valence electrons. The highest BCUT2D eigenvalue weighted by molar-refractivity contribution is 7.99. The van der Waals surface area contributed by atoms with Crippen LogP contribution < -0.4 is 5.11 Å². The van der Waals surface area contributed by atoms with Crippen LogP contribution in [-0.4, -0.2) is 22.5 Å². The smallest absolute Gasteiger partial charge is 0.173 e. The van der Waals surface area contributed by atoms with Crippen LogP contribution in [-0.2, 0) is 0 Å². The first-order valence-electron chi connectivity index (χ1n) is 5.55. The Morgan fingerprint density at radius 3 is 2.37 bits per heavy atom. The first kappa shape index (κ1) is 13.3. The molecule has 0 amide bonds. The second kappa shape index (κ2) is 6.15. The predicted octanol–water partition coefficient (Wildman–Crippen LogP) is 1.42. The van der Waals surface area contributed by atoms with E-state index in [0.717, 1.165) is 0 Å². The van der Waals surface area contributed by atoms with E-state index < -0.39 is 5.97 Å². The zero-order valence-electron chi connectivity index (χ0n) is 9.91.